The average Bonchev–Trinajstić information content (AvgIpc) is 2.78. The van der Waals surface area contributed by atoms with Gasteiger partial charge < -0.3 is 9.80 Å². The van der Waals surface area contributed by atoms with Crippen LogP contribution in [0.4, 0.5) is 5.69 Å². The summed E-state index contributed by atoms with van der Waals surface area (Å²) in [5.74, 6) is 1.43. The van der Waals surface area contributed by atoms with Gasteiger partial charge in [-0.1, -0.05) is 19.1 Å². The molecule has 1 aromatic rings. The minimum Gasteiger partial charge on any atom is -0.366 e. The first-order chi connectivity index (χ1) is 9.29. The lowest BCUT2D eigenvalue weighted by Gasteiger charge is -2.39. The quantitative estimate of drug-likeness (QED) is 0.788. The van der Waals surface area contributed by atoms with Crippen LogP contribution in [0.3, 0.4) is 0 Å². The van der Waals surface area contributed by atoms with Crippen molar-refractivity contribution in [2.45, 2.75) is 30.2 Å². The van der Waals surface area contributed by atoms with Gasteiger partial charge in [-0.25, -0.2) is 0 Å². The van der Waals surface area contributed by atoms with Gasteiger partial charge in [-0.3, -0.25) is 4.21 Å². The standard InChI is InChI=1S/C15H20N2OS.2H2/c1-2-16-7-6-13-12(10-16)11-4-3-5-14-15(11)17(13)8-9-19(14)18;;/h3-5,12-13H,2,6-10H2,1H3;2*1H. The number of piperidine rings is 1. The Labute approximate surface area is 120 Å². The highest BCUT2D eigenvalue weighted by Crippen LogP contribution is 2.48. The molecule has 106 valence electrons. The molecule has 0 spiro atoms. The van der Waals surface area contributed by atoms with Crippen molar-refractivity contribution in [3.8, 4) is 0 Å². The lowest BCUT2D eigenvalue weighted by atomic mass is 9.89. The third kappa shape index (κ3) is 1.62. The van der Waals surface area contributed by atoms with E-state index in [1.54, 1.807) is 0 Å². The van der Waals surface area contributed by atoms with Crippen molar-refractivity contribution in [3.63, 3.8) is 0 Å². The van der Waals surface area contributed by atoms with Crippen LogP contribution in [0.15, 0.2) is 23.1 Å². The van der Waals surface area contributed by atoms with Gasteiger partial charge in [-0.2, -0.15) is 0 Å². The maximum atomic E-state index is 12.2. The smallest absolute Gasteiger partial charge is 0.0625 e. The third-order valence-corrected chi connectivity index (χ3v) is 6.36. The third-order valence-electron chi connectivity index (χ3n) is 4.99. The highest BCUT2D eigenvalue weighted by molar-refractivity contribution is 7.85. The molecule has 4 rings (SSSR count). The Kier molecular flexibility index (Phi) is 2.71. The van der Waals surface area contributed by atoms with Gasteiger partial charge in [0.25, 0.3) is 0 Å². The van der Waals surface area contributed by atoms with Crippen LogP contribution in [0.25, 0.3) is 0 Å². The molecule has 1 saturated heterocycles. The number of hydrogen-bond donors (Lipinski definition) is 0. The molecule has 3 aliphatic rings. The van der Waals surface area contributed by atoms with Crippen molar-refractivity contribution in [1.29, 1.82) is 0 Å². The van der Waals surface area contributed by atoms with E-state index >= 15 is 0 Å². The van der Waals surface area contributed by atoms with Crippen LogP contribution in [0.5, 0.6) is 0 Å². The number of benzene rings is 1. The van der Waals surface area contributed by atoms with Gasteiger partial charge in [0.2, 0.25) is 0 Å². The van der Waals surface area contributed by atoms with E-state index < -0.39 is 10.8 Å². The Morgan fingerprint density at radius 2 is 2.32 bits per heavy atom. The zero-order chi connectivity index (χ0) is 13.0. The molecule has 19 heavy (non-hydrogen) atoms. The van der Waals surface area contributed by atoms with Crippen LogP contribution in [-0.4, -0.2) is 47.1 Å². The molecular weight excluding hydrogens is 256 g/mol. The van der Waals surface area contributed by atoms with E-state index in [4.69, 9.17) is 0 Å². The summed E-state index contributed by atoms with van der Waals surface area (Å²) >= 11 is 0. The van der Waals surface area contributed by atoms with Crippen LogP contribution in [0, 0.1) is 0 Å². The van der Waals surface area contributed by atoms with Gasteiger partial charge in [-0.15, -0.1) is 0 Å². The maximum Gasteiger partial charge on any atom is 0.0625 e. The van der Waals surface area contributed by atoms with Crippen molar-refractivity contribution in [3.05, 3.63) is 23.8 Å². The van der Waals surface area contributed by atoms with Crippen molar-refractivity contribution in [2.24, 2.45) is 0 Å². The van der Waals surface area contributed by atoms with Gasteiger partial charge in [0, 0.05) is 40.2 Å². The Morgan fingerprint density at radius 1 is 1.42 bits per heavy atom. The van der Waals surface area contributed by atoms with Crippen LogP contribution in [0.2, 0.25) is 0 Å². The topological polar surface area (TPSA) is 23.6 Å². The Bertz CT molecular complexity index is 554. The SMILES string of the molecule is CCN1CCC2C(C1)c1cccc3c1N2CCS3=O.[HH].[HH]. The second kappa shape index (κ2) is 4.32. The van der Waals surface area contributed by atoms with Crippen LogP contribution >= 0.6 is 0 Å². The first-order valence-corrected chi connectivity index (χ1v) is 8.61. The van der Waals surface area contributed by atoms with Crippen molar-refractivity contribution in [2.75, 3.05) is 36.8 Å². The molecule has 0 bridgehead atoms. The van der Waals surface area contributed by atoms with Crippen LogP contribution < -0.4 is 4.90 Å². The highest BCUT2D eigenvalue weighted by Gasteiger charge is 2.44. The summed E-state index contributed by atoms with van der Waals surface area (Å²) < 4.78 is 12.2. The Morgan fingerprint density at radius 3 is 3.16 bits per heavy atom. The normalized spacial score (nSPS) is 33.1. The van der Waals surface area contributed by atoms with Gasteiger partial charge in [0.1, 0.15) is 0 Å². The molecular formula is C15H24N2OS. The molecule has 1 fully saturated rings. The summed E-state index contributed by atoms with van der Waals surface area (Å²) in [5, 5.41) is 0. The van der Waals surface area contributed by atoms with E-state index in [0.717, 1.165) is 23.7 Å². The van der Waals surface area contributed by atoms with Crippen LogP contribution in [-0.2, 0) is 10.8 Å². The van der Waals surface area contributed by atoms with Gasteiger partial charge >= 0.3 is 0 Å². The maximum absolute atomic E-state index is 12.2. The van der Waals surface area contributed by atoms with E-state index in [0.29, 0.717) is 12.0 Å². The summed E-state index contributed by atoms with van der Waals surface area (Å²) in [5.41, 5.74) is 2.77. The molecule has 3 atom stereocenters. The average molecular weight is 280 g/mol. The minimum absolute atomic E-state index is 0. The molecule has 3 heterocycles. The van der Waals surface area contributed by atoms with E-state index in [2.05, 4.69) is 34.9 Å². The fourth-order valence-corrected chi connectivity index (χ4v) is 5.30. The molecule has 0 radical (unpaired) electrons. The predicted molar refractivity (Wildman–Crippen MR) is 82.6 cm³/mol. The fourth-order valence-electron chi connectivity index (χ4n) is 4.04. The van der Waals surface area contributed by atoms with E-state index in [-0.39, 0.29) is 2.85 Å². The van der Waals surface area contributed by atoms with Crippen molar-refractivity contribution >= 4 is 16.5 Å². The first-order valence-electron chi connectivity index (χ1n) is 7.30. The second-order valence-electron chi connectivity index (χ2n) is 5.79. The first kappa shape index (κ1) is 11.9. The Balaban J connectivity index is 0.000000807. The second-order valence-corrected chi connectivity index (χ2v) is 7.33. The largest absolute Gasteiger partial charge is 0.366 e. The number of fused-ring (bicyclic) bond motifs is 3. The Hall–Kier alpha value is -0.870. The minimum atomic E-state index is -0.785. The number of likely N-dealkylation sites (tertiary alicyclic amines) is 1. The zero-order valence-corrected chi connectivity index (χ0v) is 12.2. The fraction of sp³-hybridized carbons (Fsp3) is 0.600. The van der Waals surface area contributed by atoms with Gasteiger partial charge in [0.15, 0.2) is 0 Å². The van der Waals surface area contributed by atoms with Crippen molar-refractivity contribution in [1.82, 2.24) is 4.90 Å². The monoisotopic (exact) mass is 280 g/mol. The summed E-state index contributed by atoms with van der Waals surface area (Å²) in [4.78, 5) is 6.20. The predicted octanol–water partition coefficient (Wildman–Crippen LogP) is 2.30. The molecule has 0 amide bonds. The molecule has 0 saturated carbocycles. The number of anilines is 1. The van der Waals surface area contributed by atoms with Crippen LogP contribution in [0.1, 0.15) is 27.7 Å². The molecule has 0 N–H and O–H groups in total. The highest BCUT2D eigenvalue weighted by atomic mass is 32.2. The summed E-state index contributed by atoms with van der Waals surface area (Å²) in [7, 11) is -0.785. The number of para-hydroxylation sites is 1. The van der Waals surface area contributed by atoms with E-state index in [9.17, 15) is 4.21 Å². The summed E-state index contributed by atoms with van der Waals surface area (Å²) in [6, 6.07) is 7.08. The number of likely N-dealkylation sites (N-methyl/N-ethyl adjacent to an activating group) is 1. The van der Waals surface area contributed by atoms with E-state index in [1.165, 1.54) is 30.8 Å². The molecule has 0 aliphatic carbocycles. The zero-order valence-electron chi connectivity index (χ0n) is 11.3. The van der Waals surface area contributed by atoms with Gasteiger partial charge in [0.05, 0.1) is 21.4 Å². The molecule has 3 unspecified atom stereocenters. The molecule has 3 aliphatic heterocycles. The number of rotatable bonds is 1. The number of nitrogens with zero attached hydrogens (tertiary/aromatic N) is 2. The molecule has 1 aromatic carbocycles. The summed E-state index contributed by atoms with van der Waals surface area (Å²) in [6.07, 6.45) is 1.25. The molecule has 0 aromatic heterocycles. The lowest BCUT2D eigenvalue weighted by molar-refractivity contribution is 0.202. The molecule has 4 heteroatoms. The number of hydrogen-bond acceptors (Lipinski definition) is 3. The lowest BCUT2D eigenvalue weighted by Crippen LogP contribution is -2.47. The van der Waals surface area contributed by atoms with Gasteiger partial charge in [-0.05, 0) is 24.6 Å². The molecule has 3 nitrogen and oxygen atoms in total. The summed E-state index contributed by atoms with van der Waals surface area (Å²) in [6.45, 7) is 6.74. The van der Waals surface area contributed by atoms with Crippen molar-refractivity contribution < 1.29 is 7.06 Å². The van der Waals surface area contributed by atoms with E-state index in [1.807, 2.05) is 0 Å².